The standard InChI is InChI=1S/C13H20N2O/c1-12(6-2-3-7-12)11(16)15-13(10-14)8-4-5-9-13/h2-9H2,1H3,(H,15,16). The second-order valence-corrected chi connectivity index (χ2v) is 5.62. The van der Waals surface area contributed by atoms with Gasteiger partial charge in [0.15, 0.2) is 0 Å². The van der Waals surface area contributed by atoms with Crippen molar-refractivity contribution in [2.45, 2.75) is 63.8 Å². The van der Waals surface area contributed by atoms with Crippen LogP contribution in [0, 0.1) is 16.7 Å². The highest BCUT2D eigenvalue weighted by atomic mass is 16.2. The number of carbonyl (C=O) groups excluding carboxylic acids is 1. The summed E-state index contributed by atoms with van der Waals surface area (Å²) in [5.74, 6) is 0.105. The minimum atomic E-state index is -0.553. The largest absolute Gasteiger partial charge is 0.337 e. The van der Waals surface area contributed by atoms with Gasteiger partial charge in [0.2, 0.25) is 5.91 Å². The Kier molecular flexibility index (Phi) is 2.92. The molecular formula is C13H20N2O. The Morgan fingerprint density at radius 2 is 1.62 bits per heavy atom. The lowest BCUT2D eigenvalue weighted by atomic mass is 9.86. The number of hydrogen-bond donors (Lipinski definition) is 1. The van der Waals surface area contributed by atoms with Crippen LogP contribution in [0.25, 0.3) is 0 Å². The van der Waals surface area contributed by atoms with Crippen LogP contribution >= 0.6 is 0 Å². The molecule has 2 aliphatic carbocycles. The molecule has 2 fully saturated rings. The molecule has 1 N–H and O–H groups in total. The van der Waals surface area contributed by atoms with E-state index in [1.807, 2.05) is 6.92 Å². The van der Waals surface area contributed by atoms with E-state index >= 15 is 0 Å². The molecule has 0 saturated heterocycles. The van der Waals surface area contributed by atoms with Crippen molar-refractivity contribution in [3.05, 3.63) is 0 Å². The van der Waals surface area contributed by atoms with Crippen LogP contribution in [-0.2, 0) is 4.79 Å². The molecule has 3 nitrogen and oxygen atoms in total. The van der Waals surface area contributed by atoms with E-state index in [0.717, 1.165) is 51.4 Å². The maximum absolute atomic E-state index is 12.2. The van der Waals surface area contributed by atoms with Gasteiger partial charge >= 0.3 is 0 Å². The van der Waals surface area contributed by atoms with Crippen molar-refractivity contribution in [1.29, 1.82) is 5.26 Å². The number of nitrogens with one attached hydrogen (secondary N) is 1. The van der Waals surface area contributed by atoms with E-state index in [0.29, 0.717) is 0 Å². The van der Waals surface area contributed by atoms with Gasteiger partial charge in [-0.15, -0.1) is 0 Å². The molecule has 0 radical (unpaired) electrons. The molecule has 3 heteroatoms. The lowest BCUT2D eigenvalue weighted by Gasteiger charge is -2.29. The molecule has 0 atom stereocenters. The monoisotopic (exact) mass is 220 g/mol. The van der Waals surface area contributed by atoms with Crippen LogP contribution in [0.15, 0.2) is 0 Å². The zero-order chi connectivity index (χ0) is 11.6. The summed E-state index contributed by atoms with van der Waals surface area (Å²) < 4.78 is 0. The molecule has 2 saturated carbocycles. The molecule has 0 aromatic carbocycles. The first-order chi connectivity index (χ1) is 7.60. The van der Waals surface area contributed by atoms with Gasteiger partial charge in [-0.2, -0.15) is 5.26 Å². The van der Waals surface area contributed by atoms with Gasteiger partial charge in [0.25, 0.3) is 0 Å². The van der Waals surface area contributed by atoms with Gasteiger partial charge in [0, 0.05) is 5.41 Å². The zero-order valence-electron chi connectivity index (χ0n) is 10.0. The summed E-state index contributed by atoms with van der Waals surface area (Å²) in [4.78, 5) is 12.2. The van der Waals surface area contributed by atoms with E-state index in [4.69, 9.17) is 0 Å². The first kappa shape index (κ1) is 11.4. The second-order valence-electron chi connectivity index (χ2n) is 5.62. The normalized spacial score (nSPS) is 26.2. The summed E-state index contributed by atoms with van der Waals surface area (Å²) in [6, 6.07) is 2.32. The van der Waals surface area contributed by atoms with Crippen molar-refractivity contribution in [1.82, 2.24) is 5.32 Å². The van der Waals surface area contributed by atoms with Crippen LogP contribution in [0.1, 0.15) is 58.3 Å². The molecule has 2 aliphatic rings. The lowest BCUT2D eigenvalue weighted by molar-refractivity contribution is -0.131. The van der Waals surface area contributed by atoms with Crippen LogP contribution in [0.5, 0.6) is 0 Å². The average Bonchev–Trinajstić information content (AvgIpc) is 2.89. The molecule has 0 heterocycles. The van der Waals surface area contributed by atoms with Gasteiger partial charge in [-0.05, 0) is 38.5 Å². The number of nitrogens with zero attached hydrogens (tertiary/aromatic N) is 1. The van der Waals surface area contributed by atoms with Crippen molar-refractivity contribution in [2.24, 2.45) is 5.41 Å². The van der Waals surface area contributed by atoms with Crippen molar-refractivity contribution >= 4 is 5.91 Å². The third-order valence-electron chi connectivity index (χ3n) is 4.28. The first-order valence-electron chi connectivity index (χ1n) is 6.34. The number of nitriles is 1. The summed E-state index contributed by atoms with van der Waals surface area (Å²) in [6.07, 6.45) is 8.00. The van der Waals surface area contributed by atoms with E-state index in [1.165, 1.54) is 0 Å². The fraction of sp³-hybridized carbons (Fsp3) is 0.846. The minimum absolute atomic E-state index is 0.105. The maximum Gasteiger partial charge on any atom is 0.227 e. The van der Waals surface area contributed by atoms with E-state index in [9.17, 15) is 10.1 Å². The SMILES string of the molecule is CC1(C(=O)NC2(C#N)CCCC2)CCCC1. The fourth-order valence-corrected chi connectivity index (χ4v) is 2.99. The van der Waals surface area contributed by atoms with E-state index in [2.05, 4.69) is 11.4 Å². The molecule has 16 heavy (non-hydrogen) atoms. The lowest BCUT2D eigenvalue weighted by Crippen LogP contribution is -2.50. The minimum Gasteiger partial charge on any atom is -0.337 e. The Morgan fingerprint density at radius 1 is 1.12 bits per heavy atom. The number of amides is 1. The first-order valence-corrected chi connectivity index (χ1v) is 6.34. The van der Waals surface area contributed by atoms with Gasteiger partial charge in [-0.25, -0.2) is 0 Å². The summed E-state index contributed by atoms with van der Waals surface area (Å²) in [5, 5.41) is 12.3. The zero-order valence-corrected chi connectivity index (χ0v) is 10.0. The van der Waals surface area contributed by atoms with E-state index < -0.39 is 5.54 Å². The quantitative estimate of drug-likeness (QED) is 0.777. The molecular weight excluding hydrogens is 200 g/mol. The predicted molar refractivity (Wildman–Crippen MR) is 61.5 cm³/mol. The Labute approximate surface area is 97.2 Å². The summed E-state index contributed by atoms with van der Waals surface area (Å²) >= 11 is 0. The number of carbonyl (C=O) groups is 1. The van der Waals surface area contributed by atoms with Gasteiger partial charge in [0.1, 0.15) is 5.54 Å². The number of hydrogen-bond acceptors (Lipinski definition) is 2. The van der Waals surface area contributed by atoms with Crippen LogP contribution in [0.2, 0.25) is 0 Å². The molecule has 2 rings (SSSR count). The summed E-state index contributed by atoms with van der Waals surface area (Å²) in [6.45, 7) is 2.04. The Bertz CT molecular complexity index is 317. The Morgan fingerprint density at radius 3 is 2.12 bits per heavy atom. The van der Waals surface area contributed by atoms with E-state index in [-0.39, 0.29) is 11.3 Å². The third kappa shape index (κ3) is 1.93. The van der Waals surface area contributed by atoms with Crippen molar-refractivity contribution in [3.8, 4) is 6.07 Å². The third-order valence-corrected chi connectivity index (χ3v) is 4.28. The predicted octanol–water partition coefficient (Wildman–Crippen LogP) is 2.52. The maximum atomic E-state index is 12.2. The average molecular weight is 220 g/mol. The molecule has 0 spiro atoms. The Balaban J connectivity index is 2.04. The molecule has 0 unspecified atom stereocenters. The highest BCUT2D eigenvalue weighted by Gasteiger charge is 2.42. The van der Waals surface area contributed by atoms with Gasteiger partial charge in [-0.3, -0.25) is 4.79 Å². The van der Waals surface area contributed by atoms with Gasteiger partial charge in [-0.1, -0.05) is 19.8 Å². The highest BCUT2D eigenvalue weighted by Crippen LogP contribution is 2.39. The highest BCUT2D eigenvalue weighted by molar-refractivity contribution is 5.83. The smallest absolute Gasteiger partial charge is 0.227 e. The number of rotatable bonds is 2. The van der Waals surface area contributed by atoms with Gasteiger partial charge < -0.3 is 5.32 Å². The van der Waals surface area contributed by atoms with Gasteiger partial charge in [0.05, 0.1) is 6.07 Å². The van der Waals surface area contributed by atoms with Crippen molar-refractivity contribution in [3.63, 3.8) is 0 Å². The van der Waals surface area contributed by atoms with Crippen molar-refractivity contribution < 1.29 is 4.79 Å². The van der Waals surface area contributed by atoms with Crippen molar-refractivity contribution in [2.75, 3.05) is 0 Å². The van der Waals surface area contributed by atoms with E-state index in [1.54, 1.807) is 0 Å². The second kappa shape index (κ2) is 4.08. The van der Waals surface area contributed by atoms with Crippen LogP contribution in [-0.4, -0.2) is 11.4 Å². The molecule has 0 aromatic rings. The van der Waals surface area contributed by atoms with Crippen LogP contribution in [0.4, 0.5) is 0 Å². The Hall–Kier alpha value is -1.04. The van der Waals surface area contributed by atoms with Crippen LogP contribution in [0.3, 0.4) is 0 Å². The summed E-state index contributed by atoms with van der Waals surface area (Å²) in [5.41, 5.74) is -0.769. The molecule has 1 amide bonds. The molecule has 0 aromatic heterocycles. The topological polar surface area (TPSA) is 52.9 Å². The molecule has 0 aliphatic heterocycles. The molecule has 88 valence electrons. The fourth-order valence-electron chi connectivity index (χ4n) is 2.99. The molecule has 0 bridgehead atoms. The van der Waals surface area contributed by atoms with Crippen LogP contribution < -0.4 is 5.32 Å². The summed E-state index contributed by atoms with van der Waals surface area (Å²) in [7, 11) is 0.